The lowest BCUT2D eigenvalue weighted by atomic mass is 9.92. The second-order valence-corrected chi connectivity index (χ2v) is 6.88. The number of aromatic amines is 1. The first-order valence-electron chi connectivity index (χ1n) is 8.84. The van der Waals surface area contributed by atoms with Gasteiger partial charge in [0, 0.05) is 30.0 Å². The second kappa shape index (κ2) is 6.80. The lowest BCUT2D eigenvalue weighted by molar-refractivity contribution is 0.213. The Morgan fingerprint density at radius 3 is 2.81 bits per heavy atom. The normalized spacial score (nSPS) is 16.6. The van der Waals surface area contributed by atoms with Crippen LogP contribution in [-0.4, -0.2) is 37.9 Å². The number of phenols is 1. The molecule has 0 aliphatic heterocycles. The van der Waals surface area contributed by atoms with E-state index in [0.717, 1.165) is 42.6 Å². The van der Waals surface area contributed by atoms with Crippen molar-refractivity contribution in [3.05, 3.63) is 75.8 Å². The maximum atomic E-state index is 12.8. The minimum absolute atomic E-state index is 0.00133. The van der Waals surface area contributed by atoms with Crippen molar-refractivity contribution in [1.29, 1.82) is 0 Å². The minimum Gasteiger partial charge on any atom is -0.508 e. The van der Waals surface area contributed by atoms with E-state index in [2.05, 4.69) is 22.0 Å². The number of H-pyrrole nitrogens is 1. The van der Waals surface area contributed by atoms with Gasteiger partial charge in [-0.25, -0.2) is 9.67 Å². The van der Waals surface area contributed by atoms with Crippen LogP contribution in [-0.2, 0) is 19.4 Å². The number of hydrogen-bond donors (Lipinski definition) is 2. The van der Waals surface area contributed by atoms with E-state index in [1.807, 2.05) is 30.3 Å². The highest BCUT2D eigenvalue weighted by molar-refractivity contribution is 5.29. The van der Waals surface area contributed by atoms with E-state index in [0.29, 0.717) is 11.9 Å². The quantitative estimate of drug-likeness (QED) is 0.757. The lowest BCUT2D eigenvalue weighted by Gasteiger charge is -2.30. The monoisotopic (exact) mass is 350 g/mol. The van der Waals surface area contributed by atoms with E-state index in [-0.39, 0.29) is 11.3 Å². The molecule has 6 nitrogen and oxygen atoms in total. The molecule has 0 saturated carbocycles. The van der Waals surface area contributed by atoms with Crippen LogP contribution >= 0.6 is 0 Å². The molecule has 26 heavy (non-hydrogen) atoms. The van der Waals surface area contributed by atoms with E-state index >= 15 is 0 Å². The van der Waals surface area contributed by atoms with Crippen molar-refractivity contribution in [2.24, 2.45) is 0 Å². The van der Waals surface area contributed by atoms with Gasteiger partial charge >= 0.3 is 0 Å². The number of rotatable bonds is 4. The molecule has 1 unspecified atom stereocenters. The van der Waals surface area contributed by atoms with Gasteiger partial charge in [0.2, 0.25) is 0 Å². The van der Waals surface area contributed by atoms with E-state index < -0.39 is 0 Å². The fourth-order valence-electron chi connectivity index (χ4n) is 3.63. The summed E-state index contributed by atoms with van der Waals surface area (Å²) in [6, 6.07) is 13.2. The molecule has 0 radical (unpaired) electrons. The van der Waals surface area contributed by atoms with Gasteiger partial charge in [-0.1, -0.05) is 18.2 Å². The summed E-state index contributed by atoms with van der Waals surface area (Å²) in [6.07, 6.45) is 4.29. The topological polar surface area (TPSA) is 74.2 Å². The third-order valence-corrected chi connectivity index (χ3v) is 5.11. The molecule has 2 heterocycles. The smallest absolute Gasteiger partial charge is 0.276 e. The first kappa shape index (κ1) is 16.6. The molecular weight excluding hydrogens is 328 g/mol. The van der Waals surface area contributed by atoms with E-state index in [9.17, 15) is 9.90 Å². The van der Waals surface area contributed by atoms with Crippen molar-refractivity contribution in [2.45, 2.75) is 31.8 Å². The molecule has 1 aromatic carbocycles. The number of pyridine rings is 1. The van der Waals surface area contributed by atoms with E-state index in [1.165, 1.54) is 0 Å². The third-order valence-electron chi connectivity index (χ3n) is 5.11. The number of aromatic nitrogens is 3. The third kappa shape index (κ3) is 3.15. The van der Waals surface area contributed by atoms with Crippen molar-refractivity contribution in [2.75, 3.05) is 7.05 Å². The molecular formula is C20H22N4O2. The Morgan fingerprint density at radius 2 is 2.08 bits per heavy atom. The number of benzene rings is 1. The summed E-state index contributed by atoms with van der Waals surface area (Å²) >= 11 is 0. The van der Waals surface area contributed by atoms with Crippen LogP contribution in [0.4, 0.5) is 0 Å². The average molecular weight is 350 g/mol. The summed E-state index contributed by atoms with van der Waals surface area (Å²) in [5, 5.41) is 12.6. The van der Waals surface area contributed by atoms with Crippen LogP contribution in [0.5, 0.6) is 5.75 Å². The van der Waals surface area contributed by atoms with Gasteiger partial charge in [-0.05, 0) is 56.1 Å². The van der Waals surface area contributed by atoms with Crippen molar-refractivity contribution in [3.8, 4) is 11.6 Å². The number of nitrogens with zero attached hydrogens (tertiary/aromatic N) is 3. The number of phenolic OH excluding ortho intramolecular Hbond substituents is 1. The van der Waals surface area contributed by atoms with Gasteiger partial charge in [-0.2, -0.15) is 0 Å². The Kier molecular flexibility index (Phi) is 4.34. The van der Waals surface area contributed by atoms with Gasteiger partial charge in [0.05, 0.1) is 0 Å². The van der Waals surface area contributed by atoms with Crippen LogP contribution in [0.2, 0.25) is 0 Å². The summed E-state index contributed by atoms with van der Waals surface area (Å²) in [6.45, 7) is 0.791. The Hall–Kier alpha value is -2.86. The van der Waals surface area contributed by atoms with Crippen LogP contribution in [0.25, 0.3) is 5.82 Å². The molecule has 0 amide bonds. The zero-order chi connectivity index (χ0) is 18.1. The Labute approximate surface area is 151 Å². The van der Waals surface area contributed by atoms with Crippen molar-refractivity contribution < 1.29 is 5.11 Å². The maximum absolute atomic E-state index is 12.8. The van der Waals surface area contributed by atoms with Gasteiger partial charge in [0.15, 0.2) is 5.82 Å². The minimum atomic E-state index is 0.00133. The molecule has 1 aliphatic rings. The van der Waals surface area contributed by atoms with Crippen LogP contribution in [0.15, 0.2) is 53.5 Å². The molecule has 0 bridgehead atoms. The highest BCUT2D eigenvalue weighted by Crippen LogP contribution is 2.23. The summed E-state index contributed by atoms with van der Waals surface area (Å²) in [7, 11) is 2.09. The standard InChI is InChI=1S/C20H22N4O2/c1-23(13-14-5-8-16(25)9-6-14)15-7-10-18-17(12-15)20(26)24(22-18)19-4-2-3-11-21-19/h2-6,8-9,11,15,22,25H,7,10,12-13H2,1H3. The van der Waals surface area contributed by atoms with Gasteiger partial charge in [-0.3, -0.25) is 14.8 Å². The summed E-state index contributed by atoms with van der Waals surface area (Å²) in [5.41, 5.74) is 3.04. The summed E-state index contributed by atoms with van der Waals surface area (Å²) in [5.74, 6) is 0.905. The fraction of sp³-hybridized carbons (Fsp3) is 0.300. The molecule has 134 valence electrons. The number of nitrogens with one attached hydrogen (secondary N) is 1. The van der Waals surface area contributed by atoms with Gasteiger partial charge < -0.3 is 5.11 Å². The van der Waals surface area contributed by atoms with Crippen molar-refractivity contribution >= 4 is 0 Å². The highest BCUT2D eigenvalue weighted by Gasteiger charge is 2.27. The van der Waals surface area contributed by atoms with Crippen LogP contribution in [0, 0.1) is 0 Å². The largest absolute Gasteiger partial charge is 0.508 e. The molecule has 0 saturated heterocycles. The first-order chi connectivity index (χ1) is 12.6. The maximum Gasteiger partial charge on any atom is 0.276 e. The summed E-state index contributed by atoms with van der Waals surface area (Å²) < 4.78 is 1.55. The molecule has 1 atom stereocenters. The number of aromatic hydroxyl groups is 1. The number of aryl methyl sites for hydroxylation is 1. The number of fused-ring (bicyclic) bond motifs is 1. The molecule has 6 heteroatoms. The van der Waals surface area contributed by atoms with Crippen LogP contribution in [0.1, 0.15) is 23.2 Å². The van der Waals surface area contributed by atoms with E-state index in [1.54, 1.807) is 23.0 Å². The molecule has 4 rings (SSSR count). The number of hydrogen-bond acceptors (Lipinski definition) is 4. The summed E-state index contributed by atoms with van der Waals surface area (Å²) in [4.78, 5) is 19.4. The SMILES string of the molecule is CN(Cc1ccc(O)cc1)C1CCc2[nH]n(-c3ccccn3)c(=O)c2C1. The van der Waals surface area contributed by atoms with Gasteiger partial charge in [-0.15, -0.1) is 0 Å². The lowest BCUT2D eigenvalue weighted by Crippen LogP contribution is -2.37. The molecule has 0 spiro atoms. The molecule has 1 aliphatic carbocycles. The predicted molar refractivity (Wildman–Crippen MR) is 99.6 cm³/mol. The molecule has 2 N–H and O–H groups in total. The Balaban J connectivity index is 1.53. The van der Waals surface area contributed by atoms with Gasteiger partial charge in [0.1, 0.15) is 5.75 Å². The Morgan fingerprint density at radius 1 is 1.27 bits per heavy atom. The zero-order valence-corrected chi connectivity index (χ0v) is 14.7. The molecule has 0 fully saturated rings. The first-order valence-corrected chi connectivity index (χ1v) is 8.84. The molecule has 2 aromatic heterocycles. The van der Waals surface area contributed by atoms with E-state index in [4.69, 9.17) is 0 Å². The zero-order valence-electron chi connectivity index (χ0n) is 14.7. The Bertz CT molecular complexity index is 944. The average Bonchev–Trinajstić information content (AvgIpc) is 3.00. The predicted octanol–water partition coefficient (Wildman–Crippen LogP) is 2.26. The van der Waals surface area contributed by atoms with Crippen molar-refractivity contribution in [3.63, 3.8) is 0 Å². The van der Waals surface area contributed by atoms with Crippen LogP contribution < -0.4 is 5.56 Å². The molecule has 3 aromatic rings. The fourth-order valence-corrected chi connectivity index (χ4v) is 3.63. The van der Waals surface area contributed by atoms with Gasteiger partial charge in [0.25, 0.3) is 5.56 Å². The highest BCUT2D eigenvalue weighted by atomic mass is 16.3. The second-order valence-electron chi connectivity index (χ2n) is 6.88. The van der Waals surface area contributed by atoms with Crippen LogP contribution in [0.3, 0.4) is 0 Å². The number of likely N-dealkylation sites (N-methyl/N-ethyl adjacent to an activating group) is 1. The van der Waals surface area contributed by atoms with Crippen molar-refractivity contribution in [1.82, 2.24) is 19.7 Å².